The Hall–Kier alpha value is -1.35. The second-order valence-corrected chi connectivity index (χ2v) is 5.69. The molecule has 0 spiro atoms. The zero-order valence-electron chi connectivity index (χ0n) is 12.1. The minimum atomic E-state index is -0.495. The molecule has 2 N–H and O–H groups in total. The minimum Gasteiger partial charge on any atom is -0.388 e. The van der Waals surface area contributed by atoms with E-state index in [0.29, 0.717) is 13.0 Å². The number of hydrogen-bond donors (Lipinski definition) is 2. The summed E-state index contributed by atoms with van der Waals surface area (Å²) in [6, 6.07) is 9.60. The van der Waals surface area contributed by atoms with Crippen molar-refractivity contribution < 1.29 is 9.90 Å². The lowest BCUT2D eigenvalue weighted by molar-refractivity contribution is -0.125. The molecule has 0 heterocycles. The molecular formula is C17H25NO2. The quantitative estimate of drug-likeness (QED) is 0.811. The van der Waals surface area contributed by atoms with Crippen molar-refractivity contribution in [3.63, 3.8) is 0 Å². The van der Waals surface area contributed by atoms with Crippen LogP contribution in [-0.2, 0) is 4.79 Å². The summed E-state index contributed by atoms with van der Waals surface area (Å²) < 4.78 is 0. The van der Waals surface area contributed by atoms with E-state index in [1.54, 1.807) is 0 Å². The average Bonchev–Trinajstić information content (AvgIpc) is 2.77. The van der Waals surface area contributed by atoms with E-state index < -0.39 is 6.10 Å². The Morgan fingerprint density at radius 1 is 1.15 bits per heavy atom. The lowest BCUT2D eigenvalue weighted by atomic mass is 9.99. The monoisotopic (exact) mass is 275 g/mol. The van der Waals surface area contributed by atoms with Crippen LogP contribution < -0.4 is 5.32 Å². The smallest absolute Gasteiger partial charge is 0.223 e. The van der Waals surface area contributed by atoms with E-state index in [1.807, 2.05) is 30.3 Å². The predicted molar refractivity (Wildman–Crippen MR) is 80.2 cm³/mol. The van der Waals surface area contributed by atoms with E-state index in [0.717, 1.165) is 18.4 Å². The summed E-state index contributed by atoms with van der Waals surface area (Å²) in [6.07, 6.45) is 6.98. The topological polar surface area (TPSA) is 49.3 Å². The zero-order valence-corrected chi connectivity index (χ0v) is 12.1. The highest BCUT2D eigenvalue weighted by molar-refractivity contribution is 5.78. The fourth-order valence-corrected chi connectivity index (χ4v) is 2.86. The van der Waals surface area contributed by atoms with Gasteiger partial charge in [0.1, 0.15) is 0 Å². The maximum absolute atomic E-state index is 12.1. The third-order valence-corrected chi connectivity index (χ3v) is 4.13. The fraction of sp³-hybridized carbons (Fsp3) is 0.588. The van der Waals surface area contributed by atoms with Gasteiger partial charge in [-0.25, -0.2) is 0 Å². The highest BCUT2D eigenvalue weighted by Gasteiger charge is 2.19. The molecule has 1 unspecified atom stereocenters. The van der Waals surface area contributed by atoms with Gasteiger partial charge in [0.2, 0.25) is 5.91 Å². The maximum Gasteiger partial charge on any atom is 0.223 e. The van der Waals surface area contributed by atoms with Gasteiger partial charge in [-0.05, 0) is 24.8 Å². The average molecular weight is 275 g/mol. The van der Waals surface area contributed by atoms with Gasteiger partial charge in [0.15, 0.2) is 0 Å². The van der Waals surface area contributed by atoms with Crippen LogP contribution in [0.15, 0.2) is 30.3 Å². The van der Waals surface area contributed by atoms with E-state index in [4.69, 9.17) is 0 Å². The molecular weight excluding hydrogens is 250 g/mol. The van der Waals surface area contributed by atoms with Gasteiger partial charge in [0.25, 0.3) is 0 Å². The first-order valence-electron chi connectivity index (χ1n) is 7.78. The van der Waals surface area contributed by atoms with Gasteiger partial charge in [-0.15, -0.1) is 0 Å². The summed E-state index contributed by atoms with van der Waals surface area (Å²) in [4.78, 5) is 12.1. The lowest BCUT2D eigenvalue weighted by Gasteiger charge is -2.16. The number of benzene rings is 1. The molecule has 0 saturated heterocycles. The molecule has 1 aromatic carbocycles. The largest absolute Gasteiger partial charge is 0.388 e. The lowest BCUT2D eigenvalue weighted by Crippen LogP contribution is -2.31. The maximum atomic E-state index is 12.1. The van der Waals surface area contributed by atoms with Gasteiger partial charge in [0, 0.05) is 12.5 Å². The molecule has 2 rings (SSSR count). The molecule has 20 heavy (non-hydrogen) atoms. The van der Waals surface area contributed by atoms with E-state index >= 15 is 0 Å². The second-order valence-electron chi connectivity index (χ2n) is 5.69. The molecule has 0 bridgehead atoms. The van der Waals surface area contributed by atoms with Crippen LogP contribution in [0.25, 0.3) is 0 Å². The number of amides is 1. The summed E-state index contributed by atoms with van der Waals surface area (Å²) in [7, 11) is 0. The van der Waals surface area contributed by atoms with Crippen molar-refractivity contribution in [1.82, 2.24) is 5.32 Å². The summed E-state index contributed by atoms with van der Waals surface area (Å²) in [6.45, 7) is 0.547. The van der Waals surface area contributed by atoms with E-state index in [9.17, 15) is 9.90 Å². The van der Waals surface area contributed by atoms with Crippen LogP contribution in [0.5, 0.6) is 0 Å². The van der Waals surface area contributed by atoms with E-state index in [1.165, 1.54) is 25.7 Å². The van der Waals surface area contributed by atoms with Crippen LogP contribution in [-0.4, -0.2) is 17.6 Å². The molecule has 1 atom stereocenters. The van der Waals surface area contributed by atoms with Crippen LogP contribution in [0.2, 0.25) is 0 Å². The molecule has 3 heteroatoms. The Bertz CT molecular complexity index is 397. The van der Waals surface area contributed by atoms with Crippen molar-refractivity contribution in [1.29, 1.82) is 0 Å². The third-order valence-electron chi connectivity index (χ3n) is 4.13. The number of carbonyl (C=O) groups is 1. The van der Waals surface area contributed by atoms with Gasteiger partial charge in [-0.3, -0.25) is 4.79 Å². The highest BCUT2D eigenvalue weighted by atomic mass is 16.3. The first kappa shape index (κ1) is 15.0. The number of nitrogens with one attached hydrogen (secondary N) is 1. The number of hydrogen-bond acceptors (Lipinski definition) is 2. The van der Waals surface area contributed by atoms with Gasteiger partial charge in [0.05, 0.1) is 6.10 Å². The highest BCUT2D eigenvalue weighted by Crippen LogP contribution is 2.23. The minimum absolute atomic E-state index is 0.173. The van der Waals surface area contributed by atoms with Crippen LogP contribution >= 0.6 is 0 Å². The van der Waals surface area contributed by atoms with Gasteiger partial charge in [-0.2, -0.15) is 0 Å². The normalized spacial score (nSPS) is 18.2. The Morgan fingerprint density at radius 2 is 1.80 bits per heavy atom. The van der Waals surface area contributed by atoms with Crippen LogP contribution in [0.3, 0.4) is 0 Å². The summed E-state index contributed by atoms with van der Waals surface area (Å²) in [5.74, 6) is 0.360. The Kier molecular flexibility index (Phi) is 6.06. The number of aliphatic hydroxyl groups is 1. The first-order chi connectivity index (χ1) is 9.77. The molecule has 1 aromatic rings. The molecule has 3 nitrogen and oxygen atoms in total. The first-order valence-corrected chi connectivity index (χ1v) is 7.78. The standard InChI is InChI=1S/C17H25NO2/c19-16(14-8-6-3-7-9-14)12-13-18-17(20)15-10-4-1-2-5-11-15/h3,6-9,15-16,19H,1-2,4-5,10-13H2,(H,18,20). The second kappa shape index (κ2) is 8.05. The van der Waals surface area contributed by atoms with E-state index in [2.05, 4.69) is 5.32 Å². The molecule has 1 saturated carbocycles. The van der Waals surface area contributed by atoms with Gasteiger partial charge >= 0.3 is 0 Å². The Balaban J connectivity index is 1.71. The van der Waals surface area contributed by atoms with Crippen LogP contribution in [0, 0.1) is 5.92 Å². The molecule has 1 fully saturated rings. The van der Waals surface area contributed by atoms with Crippen molar-refractivity contribution >= 4 is 5.91 Å². The van der Waals surface area contributed by atoms with Crippen molar-refractivity contribution in [2.24, 2.45) is 5.92 Å². The molecule has 1 amide bonds. The molecule has 110 valence electrons. The molecule has 0 aliphatic heterocycles. The number of aliphatic hydroxyl groups excluding tert-OH is 1. The molecule has 0 aromatic heterocycles. The van der Waals surface area contributed by atoms with Crippen molar-refractivity contribution in [2.45, 2.75) is 51.0 Å². The van der Waals surface area contributed by atoms with Gasteiger partial charge in [-0.1, -0.05) is 56.0 Å². The number of carbonyl (C=O) groups excluding carboxylic acids is 1. The van der Waals surface area contributed by atoms with Crippen LogP contribution in [0.4, 0.5) is 0 Å². The SMILES string of the molecule is O=C(NCCC(O)c1ccccc1)C1CCCCCC1. The molecule has 1 aliphatic carbocycles. The van der Waals surface area contributed by atoms with Crippen LogP contribution in [0.1, 0.15) is 56.6 Å². The third kappa shape index (κ3) is 4.64. The number of rotatable bonds is 5. The fourth-order valence-electron chi connectivity index (χ4n) is 2.86. The summed E-state index contributed by atoms with van der Waals surface area (Å²) in [5, 5.41) is 13.0. The summed E-state index contributed by atoms with van der Waals surface area (Å²) in [5.41, 5.74) is 0.913. The summed E-state index contributed by atoms with van der Waals surface area (Å²) >= 11 is 0. The van der Waals surface area contributed by atoms with Crippen molar-refractivity contribution in [3.05, 3.63) is 35.9 Å². The Morgan fingerprint density at radius 3 is 2.45 bits per heavy atom. The van der Waals surface area contributed by atoms with Gasteiger partial charge < -0.3 is 10.4 Å². The van der Waals surface area contributed by atoms with E-state index in [-0.39, 0.29) is 11.8 Å². The van der Waals surface area contributed by atoms with Crippen molar-refractivity contribution in [2.75, 3.05) is 6.54 Å². The molecule has 0 radical (unpaired) electrons. The predicted octanol–water partition coefficient (Wildman–Crippen LogP) is 3.20. The zero-order chi connectivity index (χ0) is 14.2. The van der Waals surface area contributed by atoms with Crippen molar-refractivity contribution in [3.8, 4) is 0 Å². The molecule has 1 aliphatic rings. The Labute approximate surface area is 121 Å².